The fourth-order valence-corrected chi connectivity index (χ4v) is 3.39. The van der Waals surface area contributed by atoms with Gasteiger partial charge in [-0.3, -0.25) is 4.79 Å². The monoisotopic (exact) mass is 256 g/mol. The summed E-state index contributed by atoms with van der Waals surface area (Å²) in [7, 11) is -0.0873. The molecule has 1 aliphatic rings. The number of hydrogen-bond acceptors (Lipinski definition) is 3. The molecule has 0 heterocycles. The second kappa shape index (κ2) is 5.25. The van der Waals surface area contributed by atoms with E-state index >= 15 is 0 Å². The Morgan fingerprint density at radius 3 is 2.47 bits per heavy atom. The third-order valence-electron chi connectivity index (χ3n) is 3.28. The molecule has 4 heteroatoms. The normalized spacial score (nSPS) is 22.6. The molecule has 0 saturated heterocycles. The van der Waals surface area contributed by atoms with Crippen LogP contribution < -0.4 is 0 Å². The van der Waals surface area contributed by atoms with Crippen LogP contribution in [0.2, 0.25) is 19.6 Å². The van der Waals surface area contributed by atoms with E-state index in [1.807, 2.05) is 6.92 Å². The van der Waals surface area contributed by atoms with Crippen molar-refractivity contribution < 1.29 is 14.0 Å². The zero-order valence-electron chi connectivity index (χ0n) is 11.8. The summed E-state index contributed by atoms with van der Waals surface area (Å²) in [5.74, 6) is 1.21. The molecule has 0 saturated carbocycles. The summed E-state index contributed by atoms with van der Waals surface area (Å²) in [6.07, 6.45) is 1.96. The molecule has 3 nitrogen and oxygen atoms in total. The predicted molar refractivity (Wildman–Crippen MR) is 71.0 cm³/mol. The standard InChI is InChI=1S/C13H24O3Si/c1-9-11(10(2)13(14)15-3)7-8-12(9)16-17(4,5)6/h10-11H,7-8H2,1-6H3/t10-,11+/m1/s1. The van der Waals surface area contributed by atoms with E-state index in [-0.39, 0.29) is 17.8 Å². The lowest BCUT2D eigenvalue weighted by molar-refractivity contribution is -0.146. The van der Waals surface area contributed by atoms with Gasteiger partial charge in [-0.05, 0) is 44.5 Å². The smallest absolute Gasteiger partial charge is 0.308 e. The summed E-state index contributed by atoms with van der Waals surface area (Å²) in [6.45, 7) is 10.6. The fourth-order valence-electron chi connectivity index (χ4n) is 2.38. The van der Waals surface area contributed by atoms with Gasteiger partial charge in [-0.1, -0.05) is 6.92 Å². The molecule has 0 aliphatic heterocycles. The second-order valence-corrected chi connectivity index (χ2v) is 10.2. The van der Waals surface area contributed by atoms with Gasteiger partial charge in [-0.15, -0.1) is 0 Å². The number of rotatable bonds is 4. The van der Waals surface area contributed by atoms with Crippen LogP contribution in [-0.4, -0.2) is 21.4 Å². The lowest BCUT2D eigenvalue weighted by Gasteiger charge is -2.22. The third-order valence-corrected chi connectivity index (χ3v) is 4.14. The Labute approximate surface area is 105 Å². The van der Waals surface area contributed by atoms with Crippen LogP contribution in [0.1, 0.15) is 26.7 Å². The Bertz CT molecular complexity index is 328. The molecular weight excluding hydrogens is 232 g/mol. The molecule has 0 aromatic rings. The van der Waals surface area contributed by atoms with Crippen molar-refractivity contribution in [2.24, 2.45) is 11.8 Å². The van der Waals surface area contributed by atoms with Crippen LogP contribution in [0.25, 0.3) is 0 Å². The number of carbonyl (C=O) groups excluding carboxylic acids is 1. The van der Waals surface area contributed by atoms with Crippen molar-refractivity contribution >= 4 is 14.3 Å². The minimum Gasteiger partial charge on any atom is -0.547 e. The summed E-state index contributed by atoms with van der Waals surface area (Å²) in [5.41, 5.74) is 1.24. The molecule has 1 rings (SSSR count). The minimum absolute atomic E-state index is 0.0669. The van der Waals surface area contributed by atoms with E-state index in [1.165, 1.54) is 12.7 Å². The van der Waals surface area contributed by atoms with Crippen LogP contribution in [0.15, 0.2) is 11.3 Å². The molecule has 0 aromatic heterocycles. The van der Waals surface area contributed by atoms with Crippen LogP contribution in [0.3, 0.4) is 0 Å². The SMILES string of the molecule is COC(=O)[C@H](C)[C@H]1CCC(O[Si](C)(C)C)=C1C. The Morgan fingerprint density at radius 1 is 1.41 bits per heavy atom. The van der Waals surface area contributed by atoms with E-state index in [0.29, 0.717) is 0 Å². The van der Waals surface area contributed by atoms with Crippen LogP contribution in [-0.2, 0) is 14.0 Å². The van der Waals surface area contributed by atoms with Crippen molar-refractivity contribution in [3.63, 3.8) is 0 Å². The Hall–Kier alpha value is -0.773. The van der Waals surface area contributed by atoms with Gasteiger partial charge >= 0.3 is 5.97 Å². The lowest BCUT2D eigenvalue weighted by Crippen LogP contribution is -2.25. The lowest BCUT2D eigenvalue weighted by atomic mass is 9.89. The summed E-state index contributed by atoms with van der Waals surface area (Å²) >= 11 is 0. The summed E-state index contributed by atoms with van der Waals surface area (Å²) < 4.78 is 10.9. The van der Waals surface area contributed by atoms with Gasteiger partial charge in [0.05, 0.1) is 18.8 Å². The Kier molecular flexibility index (Phi) is 4.41. The number of methoxy groups -OCH3 is 1. The first-order valence-corrected chi connectivity index (χ1v) is 9.63. The van der Waals surface area contributed by atoms with Crippen molar-refractivity contribution in [2.45, 2.75) is 46.3 Å². The van der Waals surface area contributed by atoms with Gasteiger partial charge in [0, 0.05) is 6.42 Å². The molecule has 2 atom stereocenters. The number of allylic oxidation sites excluding steroid dienone is 2. The van der Waals surface area contributed by atoms with Crippen LogP contribution >= 0.6 is 0 Å². The van der Waals surface area contributed by atoms with Gasteiger partial charge < -0.3 is 9.16 Å². The van der Waals surface area contributed by atoms with E-state index in [4.69, 9.17) is 9.16 Å². The molecule has 0 bridgehead atoms. The second-order valence-electron chi connectivity index (χ2n) is 5.78. The summed E-state index contributed by atoms with van der Waals surface area (Å²) in [4.78, 5) is 11.6. The molecule has 0 spiro atoms. The van der Waals surface area contributed by atoms with Gasteiger partial charge in [0.2, 0.25) is 8.32 Å². The van der Waals surface area contributed by atoms with E-state index in [9.17, 15) is 4.79 Å². The third kappa shape index (κ3) is 3.59. The van der Waals surface area contributed by atoms with Crippen LogP contribution in [0.4, 0.5) is 0 Å². The van der Waals surface area contributed by atoms with Crippen LogP contribution in [0, 0.1) is 11.8 Å². The molecule has 0 amide bonds. The molecule has 0 N–H and O–H groups in total. The van der Waals surface area contributed by atoms with Crippen molar-refractivity contribution in [2.75, 3.05) is 7.11 Å². The Morgan fingerprint density at radius 2 is 2.00 bits per heavy atom. The van der Waals surface area contributed by atoms with Gasteiger partial charge in [-0.2, -0.15) is 0 Å². The molecular formula is C13H24O3Si. The van der Waals surface area contributed by atoms with E-state index in [1.54, 1.807) is 0 Å². The quantitative estimate of drug-likeness (QED) is 0.572. The summed E-state index contributed by atoms with van der Waals surface area (Å²) in [5, 5.41) is 0. The van der Waals surface area contributed by atoms with Crippen molar-refractivity contribution in [3.05, 3.63) is 11.3 Å². The van der Waals surface area contributed by atoms with Crippen molar-refractivity contribution in [1.82, 2.24) is 0 Å². The predicted octanol–water partition coefficient (Wildman–Crippen LogP) is 3.33. The van der Waals surface area contributed by atoms with E-state index < -0.39 is 8.32 Å². The van der Waals surface area contributed by atoms with Crippen molar-refractivity contribution in [3.8, 4) is 0 Å². The Balaban J connectivity index is 2.77. The van der Waals surface area contributed by atoms with Gasteiger partial charge in [0.15, 0.2) is 0 Å². The average molecular weight is 256 g/mol. The number of ether oxygens (including phenoxy) is 1. The minimum atomic E-state index is -1.54. The highest BCUT2D eigenvalue weighted by atomic mass is 28.4. The first-order valence-electron chi connectivity index (χ1n) is 6.22. The number of hydrogen-bond donors (Lipinski definition) is 0. The summed E-state index contributed by atoms with van der Waals surface area (Å²) in [6, 6.07) is 0. The highest BCUT2D eigenvalue weighted by Crippen LogP contribution is 2.38. The molecule has 0 unspecified atom stereocenters. The van der Waals surface area contributed by atoms with Crippen molar-refractivity contribution in [1.29, 1.82) is 0 Å². The topological polar surface area (TPSA) is 35.5 Å². The zero-order valence-corrected chi connectivity index (χ0v) is 12.8. The molecule has 0 aromatic carbocycles. The molecule has 0 fully saturated rings. The molecule has 17 heavy (non-hydrogen) atoms. The molecule has 98 valence electrons. The van der Waals surface area contributed by atoms with Gasteiger partial charge in [-0.25, -0.2) is 0 Å². The first-order chi connectivity index (χ1) is 7.76. The zero-order chi connectivity index (χ0) is 13.2. The first kappa shape index (κ1) is 14.3. The maximum Gasteiger partial charge on any atom is 0.308 e. The maximum atomic E-state index is 11.6. The highest BCUT2D eigenvalue weighted by Gasteiger charge is 2.33. The average Bonchev–Trinajstić information content (AvgIpc) is 2.56. The number of esters is 1. The van der Waals surface area contributed by atoms with E-state index in [2.05, 4.69) is 26.6 Å². The molecule has 0 radical (unpaired) electrons. The van der Waals surface area contributed by atoms with Crippen LogP contribution in [0.5, 0.6) is 0 Å². The highest BCUT2D eigenvalue weighted by molar-refractivity contribution is 6.70. The van der Waals surface area contributed by atoms with Gasteiger partial charge in [0.1, 0.15) is 0 Å². The fraction of sp³-hybridized carbons (Fsp3) is 0.769. The number of carbonyl (C=O) groups is 1. The maximum absolute atomic E-state index is 11.6. The van der Waals surface area contributed by atoms with Gasteiger partial charge in [0.25, 0.3) is 0 Å². The van der Waals surface area contributed by atoms with E-state index in [0.717, 1.165) is 18.6 Å². The molecule has 1 aliphatic carbocycles. The largest absolute Gasteiger partial charge is 0.547 e.